The number of hydrogen-bond acceptors (Lipinski definition) is 4. The molecular weight excluding hydrogens is 330 g/mol. The molecule has 0 amide bonds. The SMILES string of the molecule is Cc1cccc(-c2nccn2CCn2[nH]c(=O)c3ccccc3c2=O)n1. The predicted molar refractivity (Wildman–Crippen MR) is 99.0 cm³/mol. The zero-order valence-corrected chi connectivity index (χ0v) is 14.2. The van der Waals surface area contributed by atoms with Crippen molar-refractivity contribution in [3.05, 3.63) is 81.3 Å². The van der Waals surface area contributed by atoms with Crippen molar-refractivity contribution < 1.29 is 0 Å². The summed E-state index contributed by atoms with van der Waals surface area (Å²) in [6, 6.07) is 12.6. The van der Waals surface area contributed by atoms with Crippen molar-refractivity contribution in [2.45, 2.75) is 20.0 Å². The first-order chi connectivity index (χ1) is 12.6. The molecule has 0 atom stereocenters. The number of aromatic amines is 1. The monoisotopic (exact) mass is 347 g/mol. The maximum absolute atomic E-state index is 12.6. The van der Waals surface area contributed by atoms with Crippen molar-refractivity contribution in [1.29, 1.82) is 0 Å². The van der Waals surface area contributed by atoms with Crippen LogP contribution in [-0.4, -0.2) is 24.3 Å². The number of hydrogen-bond donors (Lipinski definition) is 1. The first-order valence-electron chi connectivity index (χ1n) is 8.30. The van der Waals surface area contributed by atoms with Crippen LogP contribution in [0.3, 0.4) is 0 Å². The van der Waals surface area contributed by atoms with E-state index >= 15 is 0 Å². The number of fused-ring (bicyclic) bond motifs is 1. The highest BCUT2D eigenvalue weighted by molar-refractivity contribution is 5.80. The van der Waals surface area contributed by atoms with Crippen LogP contribution in [0, 0.1) is 6.92 Å². The van der Waals surface area contributed by atoms with Gasteiger partial charge in [0.15, 0.2) is 5.82 Å². The van der Waals surface area contributed by atoms with Crippen LogP contribution in [0.25, 0.3) is 22.3 Å². The number of nitrogens with one attached hydrogen (secondary N) is 1. The molecular formula is C19H17N5O2. The maximum atomic E-state index is 12.6. The van der Waals surface area contributed by atoms with Crippen molar-refractivity contribution in [3.63, 3.8) is 0 Å². The van der Waals surface area contributed by atoms with E-state index in [1.54, 1.807) is 30.5 Å². The molecule has 0 aliphatic rings. The van der Waals surface area contributed by atoms with Crippen LogP contribution in [-0.2, 0) is 13.1 Å². The highest BCUT2D eigenvalue weighted by atomic mass is 16.2. The lowest BCUT2D eigenvalue weighted by Crippen LogP contribution is -2.31. The molecule has 0 saturated heterocycles. The molecule has 130 valence electrons. The normalized spacial score (nSPS) is 11.1. The highest BCUT2D eigenvalue weighted by Gasteiger charge is 2.10. The molecule has 1 aromatic carbocycles. The third-order valence-electron chi connectivity index (χ3n) is 4.28. The van der Waals surface area contributed by atoms with Gasteiger partial charge in [0.25, 0.3) is 11.1 Å². The summed E-state index contributed by atoms with van der Waals surface area (Å²) in [5.74, 6) is 0.727. The van der Waals surface area contributed by atoms with Gasteiger partial charge < -0.3 is 4.57 Å². The Labute approximate surface area is 148 Å². The lowest BCUT2D eigenvalue weighted by Gasteiger charge is -2.10. The number of aryl methyl sites for hydroxylation is 3. The zero-order valence-electron chi connectivity index (χ0n) is 14.2. The van der Waals surface area contributed by atoms with Crippen molar-refractivity contribution >= 4 is 10.8 Å². The number of imidazole rings is 1. The van der Waals surface area contributed by atoms with Gasteiger partial charge >= 0.3 is 0 Å². The Morgan fingerprint density at radius 1 is 1.00 bits per heavy atom. The molecule has 4 aromatic rings. The van der Waals surface area contributed by atoms with Crippen LogP contribution >= 0.6 is 0 Å². The smallest absolute Gasteiger partial charge is 0.273 e. The Hall–Kier alpha value is -3.48. The Morgan fingerprint density at radius 3 is 2.62 bits per heavy atom. The minimum absolute atomic E-state index is 0.212. The van der Waals surface area contributed by atoms with Gasteiger partial charge in [0.1, 0.15) is 5.69 Å². The molecule has 3 heterocycles. The molecule has 0 unspecified atom stereocenters. The average Bonchev–Trinajstić information content (AvgIpc) is 3.12. The summed E-state index contributed by atoms with van der Waals surface area (Å²) in [5, 5.41) is 3.47. The van der Waals surface area contributed by atoms with Crippen molar-refractivity contribution in [2.75, 3.05) is 0 Å². The van der Waals surface area contributed by atoms with E-state index < -0.39 is 0 Å². The number of H-pyrrole nitrogens is 1. The van der Waals surface area contributed by atoms with Crippen LogP contribution in [0.15, 0.2) is 64.4 Å². The number of nitrogens with zero attached hydrogens (tertiary/aromatic N) is 4. The molecule has 1 N–H and O–H groups in total. The molecule has 0 aliphatic carbocycles. The van der Waals surface area contributed by atoms with Gasteiger partial charge in [-0.25, -0.2) is 14.6 Å². The Bertz CT molecular complexity index is 1200. The largest absolute Gasteiger partial charge is 0.328 e. The van der Waals surface area contributed by atoms with E-state index in [4.69, 9.17) is 0 Å². The predicted octanol–water partition coefficient (Wildman–Crippen LogP) is 1.96. The van der Waals surface area contributed by atoms with E-state index in [1.165, 1.54) is 4.68 Å². The topological polar surface area (TPSA) is 85.6 Å². The molecule has 3 aromatic heterocycles. The average molecular weight is 347 g/mol. The van der Waals surface area contributed by atoms with E-state index in [1.807, 2.05) is 35.9 Å². The second kappa shape index (κ2) is 6.44. The lowest BCUT2D eigenvalue weighted by atomic mass is 10.2. The number of benzene rings is 1. The van der Waals surface area contributed by atoms with E-state index in [-0.39, 0.29) is 11.1 Å². The van der Waals surface area contributed by atoms with Crippen LogP contribution in [0.1, 0.15) is 5.69 Å². The molecule has 7 heteroatoms. The lowest BCUT2D eigenvalue weighted by molar-refractivity contribution is 0.512. The van der Waals surface area contributed by atoms with Gasteiger partial charge in [0.2, 0.25) is 0 Å². The first-order valence-corrected chi connectivity index (χ1v) is 8.30. The highest BCUT2D eigenvalue weighted by Crippen LogP contribution is 2.15. The molecule has 26 heavy (non-hydrogen) atoms. The molecule has 7 nitrogen and oxygen atoms in total. The van der Waals surface area contributed by atoms with Gasteiger partial charge in [-0.1, -0.05) is 18.2 Å². The molecule has 0 bridgehead atoms. The second-order valence-corrected chi connectivity index (χ2v) is 6.05. The fourth-order valence-corrected chi connectivity index (χ4v) is 3.00. The molecule has 0 radical (unpaired) electrons. The molecule has 4 rings (SSSR count). The summed E-state index contributed by atoms with van der Waals surface area (Å²) >= 11 is 0. The van der Waals surface area contributed by atoms with Gasteiger partial charge in [-0.15, -0.1) is 0 Å². The van der Waals surface area contributed by atoms with E-state index in [2.05, 4.69) is 15.1 Å². The second-order valence-electron chi connectivity index (χ2n) is 6.05. The molecule has 0 aliphatic heterocycles. The van der Waals surface area contributed by atoms with Gasteiger partial charge in [-0.05, 0) is 31.2 Å². The minimum Gasteiger partial charge on any atom is -0.328 e. The van der Waals surface area contributed by atoms with Gasteiger partial charge in [-0.3, -0.25) is 14.7 Å². The minimum atomic E-state index is -0.272. The molecule has 0 spiro atoms. The maximum Gasteiger partial charge on any atom is 0.273 e. The summed E-state index contributed by atoms with van der Waals surface area (Å²) in [7, 11) is 0. The summed E-state index contributed by atoms with van der Waals surface area (Å²) in [6.07, 6.45) is 3.54. The van der Waals surface area contributed by atoms with E-state index in [0.717, 1.165) is 17.2 Å². The molecule has 0 saturated carbocycles. The fraction of sp³-hybridized carbons (Fsp3) is 0.158. The number of pyridine rings is 1. The Kier molecular flexibility index (Phi) is 3.96. The van der Waals surface area contributed by atoms with Crippen LogP contribution in [0.4, 0.5) is 0 Å². The summed E-state index contributed by atoms with van der Waals surface area (Å²) in [5.41, 5.74) is 1.20. The standard InChI is InChI=1S/C19H17N5O2/c1-13-5-4-8-16(21-13)17-20-9-10-23(17)11-12-24-19(26)15-7-3-2-6-14(15)18(25)22-24/h2-10H,11-12H2,1H3,(H,22,25). The van der Waals surface area contributed by atoms with Gasteiger partial charge in [0.05, 0.1) is 17.3 Å². The van der Waals surface area contributed by atoms with Crippen LogP contribution in [0.5, 0.6) is 0 Å². The molecule has 0 fully saturated rings. The third-order valence-corrected chi connectivity index (χ3v) is 4.28. The van der Waals surface area contributed by atoms with Gasteiger partial charge in [-0.2, -0.15) is 0 Å². The summed E-state index contributed by atoms with van der Waals surface area (Å²) < 4.78 is 3.26. The van der Waals surface area contributed by atoms with Gasteiger partial charge in [0, 0.05) is 24.6 Å². The van der Waals surface area contributed by atoms with Crippen molar-refractivity contribution in [2.24, 2.45) is 0 Å². The zero-order chi connectivity index (χ0) is 18.1. The first kappa shape index (κ1) is 16.0. The van der Waals surface area contributed by atoms with Crippen molar-refractivity contribution in [3.8, 4) is 11.5 Å². The fourth-order valence-electron chi connectivity index (χ4n) is 3.00. The summed E-state index contributed by atoms with van der Waals surface area (Å²) in [6.45, 7) is 2.74. The van der Waals surface area contributed by atoms with Crippen LogP contribution in [0.2, 0.25) is 0 Å². The Morgan fingerprint density at radius 2 is 1.81 bits per heavy atom. The van der Waals surface area contributed by atoms with Crippen LogP contribution < -0.4 is 11.1 Å². The third kappa shape index (κ3) is 2.83. The van der Waals surface area contributed by atoms with E-state index in [0.29, 0.717) is 23.9 Å². The number of aromatic nitrogens is 5. The number of rotatable bonds is 4. The Balaban J connectivity index is 1.66. The quantitative estimate of drug-likeness (QED) is 0.611. The van der Waals surface area contributed by atoms with E-state index in [9.17, 15) is 9.59 Å². The summed E-state index contributed by atoms with van der Waals surface area (Å²) in [4.78, 5) is 33.7. The van der Waals surface area contributed by atoms with Crippen molar-refractivity contribution in [1.82, 2.24) is 24.3 Å².